The maximum atomic E-state index is 12.3. The molecule has 3 aromatic rings. The third-order valence-corrected chi connectivity index (χ3v) is 3.79. The van der Waals surface area contributed by atoms with Crippen LogP contribution in [0.1, 0.15) is 15.9 Å². The van der Waals surface area contributed by atoms with E-state index in [1.165, 1.54) is 0 Å². The molecular weight excluding hydrogens is 316 g/mol. The van der Waals surface area contributed by atoms with Crippen molar-refractivity contribution < 1.29 is 9.59 Å². The molecule has 0 unspecified atom stereocenters. The van der Waals surface area contributed by atoms with Crippen LogP contribution in [0.2, 0.25) is 0 Å². The molecule has 2 N–H and O–H groups in total. The van der Waals surface area contributed by atoms with Crippen LogP contribution in [0, 0.1) is 0 Å². The lowest BCUT2D eigenvalue weighted by atomic mass is 10.1. The summed E-state index contributed by atoms with van der Waals surface area (Å²) in [5, 5.41) is 5.43. The minimum Gasteiger partial charge on any atom is -0.359 e. The van der Waals surface area contributed by atoms with Crippen molar-refractivity contribution in [3.63, 3.8) is 0 Å². The normalized spacial score (nSPS) is 10.3. The third-order valence-electron chi connectivity index (χ3n) is 3.79. The number of benzene rings is 2. The summed E-state index contributed by atoms with van der Waals surface area (Å²) >= 11 is 0. The van der Waals surface area contributed by atoms with Crippen LogP contribution in [0.5, 0.6) is 0 Å². The van der Waals surface area contributed by atoms with Gasteiger partial charge in [-0.3, -0.25) is 9.59 Å². The smallest absolute Gasteiger partial charge is 0.255 e. The molecule has 6 heteroatoms. The monoisotopic (exact) mass is 334 g/mol. The van der Waals surface area contributed by atoms with E-state index >= 15 is 0 Å². The molecule has 0 fully saturated rings. The van der Waals surface area contributed by atoms with Crippen molar-refractivity contribution in [2.45, 2.75) is 6.42 Å². The van der Waals surface area contributed by atoms with Gasteiger partial charge in [-0.05, 0) is 42.0 Å². The van der Waals surface area contributed by atoms with Gasteiger partial charge in [-0.2, -0.15) is 0 Å². The number of anilines is 1. The van der Waals surface area contributed by atoms with Crippen LogP contribution >= 0.6 is 0 Å². The SMILES string of the molecule is CNC(=O)Cc1ccc(NC(=O)c2ccc(-n3ccnc3)cc2)cc1. The highest BCUT2D eigenvalue weighted by atomic mass is 16.2. The standard InChI is InChI=1S/C19H18N4O2/c1-20-18(24)12-14-2-6-16(7-3-14)22-19(25)15-4-8-17(9-5-15)23-11-10-21-13-23/h2-11,13H,12H2,1H3,(H,20,24)(H,22,25). The van der Waals surface area contributed by atoms with E-state index < -0.39 is 0 Å². The van der Waals surface area contributed by atoms with E-state index in [9.17, 15) is 9.59 Å². The number of rotatable bonds is 5. The Morgan fingerprint density at radius 1 is 1.04 bits per heavy atom. The summed E-state index contributed by atoms with van der Waals surface area (Å²) in [4.78, 5) is 27.7. The zero-order valence-corrected chi connectivity index (χ0v) is 13.8. The molecule has 6 nitrogen and oxygen atoms in total. The van der Waals surface area contributed by atoms with Crippen LogP contribution in [0.15, 0.2) is 67.3 Å². The molecule has 1 aromatic heterocycles. The van der Waals surface area contributed by atoms with Crippen molar-refractivity contribution in [1.29, 1.82) is 0 Å². The molecule has 0 saturated heterocycles. The molecule has 0 atom stereocenters. The number of likely N-dealkylation sites (N-methyl/N-ethyl adjacent to an activating group) is 1. The first-order valence-electron chi connectivity index (χ1n) is 7.85. The minimum absolute atomic E-state index is 0.0465. The number of carbonyl (C=O) groups excluding carboxylic acids is 2. The van der Waals surface area contributed by atoms with Gasteiger partial charge < -0.3 is 15.2 Å². The van der Waals surface area contributed by atoms with Gasteiger partial charge in [-0.1, -0.05) is 12.1 Å². The molecule has 2 amide bonds. The van der Waals surface area contributed by atoms with E-state index in [2.05, 4.69) is 15.6 Å². The molecule has 0 aliphatic heterocycles. The van der Waals surface area contributed by atoms with E-state index in [0.29, 0.717) is 17.7 Å². The molecule has 0 aliphatic rings. The quantitative estimate of drug-likeness (QED) is 0.752. The number of nitrogens with one attached hydrogen (secondary N) is 2. The molecule has 25 heavy (non-hydrogen) atoms. The molecule has 0 bridgehead atoms. The summed E-state index contributed by atoms with van der Waals surface area (Å²) in [6, 6.07) is 14.5. The fourth-order valence-electron chi connectivity index (χ4n) is 2.38. The summed E-state index contributed by atoms with van der Waals surface area (Å²) in [7, 11) is 1.61. The zero-order chi connectivity index (χ0) is 17.6. The lowest BCUT2D eigenvalue weighted by Gasteiger charge is -2.08. The topological polar surface area (TPSA) is 76.0 Å². The van der Waals surface area contributed by atoms with Gasteiger partial charge in [-0.25, -0.2) is 4.98 Å². The summed E-state index contributed by atoms with van der Waals surface area (Å²) in [5.74, 6) is -0.231. The van der Waals surface area contributed by atoms with Crippen LogP contribution in [0.3, 0.4) is 0 Å². The van der Waals surface area contributed by atoms with E-state index in [1.807, 2.05) is 35.0 Å². The number of nitrogens with zero attached hydrogens (tertiary/aromatic N) is 2. The number of aromatic nitrogens is 2. The number of hydrogen-bond donors (Lipinski definition) is 2. The highest BCUT2D eigenvalue weighted by Gasteiger charge is 2.07. The van der Waals surface area contributed by atoms with Gasteiger partial charge >= 0.3 is 0 Å². The van der Waals surface area contributed by atoms with Crippen LogP contribution in [-0.2, 0) is 11.2 Å². The Morgan fingerprint density at radius 3 is 2.36 bits per heavy atom. The maximum absolute atomic E-state index is 12.3. The first-order valence-corrected chi connectivity index (χ1v) is 7.85. The van der Waals surface area contributed by atoms with Crippen molar-refractivity contribution in [3.8, 4) is 5.69 Å². The molecule has 0 saturated carbocycles. The predicted octanol–water partition coefficient (Wildman–Crippen LogP) is 2.41. The third kappa shape index (κ3) is 4.11. The lowest BCUT2D eigenvalue weighted by Crippen LogP contribution is -2.19. The highest BCUT2D eigenvalue weighted by Crippen LogP contribution is 2.14. The molecule has 3 rings (SSSR count). The molecule has 1 heterocycles. The van der Waals surface area contributed by atoms with E-state index in [-0.39, 0.29) is 11.8 Å². The van der Waals surface area contributed by atoms with Crippen LogP contribution in [-0.4, -0.2) is 28.4 Å². The van der Waals surface area contributed by atoms with E-state index in [0.717, 1.165) is 11.3 Å². The largest absolute Gasteiger partial charge is 0.359 e. The Kier molecular flexibility index (Phi) is 4.89. The molecule has 0 spiro atoms. The zero-order valence-electron chi connectivity index (χ0n) is 13.8. The molecule has 2 aromatic carbocycles. The highest BCUT2D eigenvalue weighted by molar-refractivity contribution is 6.04. The Hall–Kier alpha value is -3.41. The second-order valence-electron chi connectivity index (χ2n) is 5.52. The van der Waals surface area contributed by atoms with Crippen molar-refractivity contribution in [1.82, 2.24) is 14.9 Å². The Labute approximate surface area is 145 Å². The van der Waals surface area contributed by atoms with E-state index in [4.69, 9.17) is 0 Å². The average molecular weight is 334 g/mol. The first kappa shape index (κ1) is 16.4. The summed E-state index contributed by atoms with van der Waals surface area (Å²) in [6.07, 6.45) is 5.57. The van der Waals surface area contributed by atoms with Crippen molar-refractivity contribution in [2.75, 3.05) is 12.4 Å². The number of hydrogen-bond acceptors (Lipinski definition) is 3. The van der Waals surface area contributed by atoms with Gasteiger partial charge in [-0.15, -0.1) is 0 Å². The minimum atomic E-state index is -0.184. The lowest BCUT2D eigenvalue weighted by molar-refractivity contribution is -0.119. The van der Waals surface area contributed by atoms with Crippen molar-refractivity contribution in [2.24, 2.45) is 0 Å². The van der Waals surface area contributed by atoms with Gasteiger partial charge in [0, 0.05) is 36.4 Å². The van der Waals surface area contributed by atoms with Crippen molar-refractivity contribution in [3.05, 3.63) is 78.4 Å². The average Bonchev–Trinajstić information content (AvgIpc) is 3.18. The van der Waals surface area contributed by atoms with E-state index in [1.54, 1.807) is 43.8 Å². The molecule has 0 aliphatic carbocycles. The second kappa shape index (κ2) is 7.44. The van der Waals surface area contributed by atoms with Gasteiger partial charge in [0.15, 0.2) is 0 Å². The summed E-state index contributed by atoms with van der Waals surface area (Å²) in [5.41, 5.74) is 3.08. The maximum Gasteiger partial charge on any atom is 0.255 e. The summed E-state index contributed by atoms with van der Waals surface area (Å²) < 4.78 is 1.87. The Bertz CT molecular complexity index is 853. The predicted molar refractivity (Wildman–Crippen MR) is 95.7 cm³/mol. The Balaban J connectivity index is 1.64. The van der Waals surface area contributed by atoms with Crippen LogP contribution in [0.25, 0.3) is 5.69 Å². The molecule has 126 valence electrons. The van der Waals surface area contributed by atoms with Gasteiger partial charge in [0.05, 0.1) is 12.7 Å². The first-order chi connectivity index (χ1) is 12.2. The van der Waals surface area contributed by atoms with Crippen molar-refractivity contribution >= 4 is 17.5 Å². The molecular formula is C19H18N4O2. The fourth-order valence-corrected chi connectivity index (χ4v) is 2.38. The Morgan fingerprint density at radius 2 is 1.76 bits per heavy atom. The van der Waals surface area contributed by atoms with Gasteiger partial charge in [0.1, 0.15) is 0 Å². The molecule has 0 radical (unpaired) electrons. The van der Waals surface area contributed by atoms with Crippen LogP contribution in [0.4, 0.5) is 5.69 Å². The fraction of sp³-hybridized carbons (Fsp3) is 0.105. The second-order valence-corrected chi connectivity index (χ2v) is 5.52. The number of imidazole rings is 1. The number of amides is 2. The van der Waals surface area contributed by atoms with Gasteiger partial charge in [0.25, 0.3) is 5.91 Å². The summed E-state index contributed by atoms with van der Waals surface area (Å²) in [6.45, 7) is 0. The van der Waals surface area contributed by atoms with Crippen LogP contribution < -0.4 is 10.6 Å². The van der Waals surface area contributed by atoms with Gasteiger partial charge in [0.2, 0.25) is 5.91 Å². The number of carbonyl (C=O) groups is 2.